The average molecular weight is 399 g/mol. The predicted molar refractivity (Wildman–Crippen MR) is 109 cm³/mol. The van der Waals surface area contributed by atoms with Crippen molar-refractivity contribution < 1.29 is 23.5 Å². The Balaban J connectivity index is 1.90. The predicted octanol–water partition coefficient (Wildman–Crippen LogP) is 4.79. The second-order valence-electron chi connectivity index (χ2n) is 7.25. The summed E-state index contributed by atoms with van der Waals surface area (Å²) in [6, 6.07) is 10.9. The van der Waals surface area contributed by atoms with E-state index in [2.05, 4.69) is 5.32 Å². The molecule has 1 amide bonds. The molecule has 0 aliphatic rings. The van der Waals surface area contributed by atoms with Crippen LogP contribution in [-0.2, 0) is 14.3 Å². The highest BCUT2D eigenvalue weighted by Gasteiger charge is 2.21. The number of ketones is 1. The maximum atomic E-state index is 12.9. The molecule has 154 valence electrons. The van der Waals surface area contributed by atoms with Crippen LogP contribution in [0.1, 0.15) is 61.0 Å². The van der Waals surface area contributed by atoms with Gasteiger partial charge in [-0.1, -0.05) is 32.0 Å². The number of carbonyl (C=O) groups excluding carboxylic acids is 3. The van der Waals surface area contributed by atoms with E-state index in [1.807, 2.05) is 39.0 Å². The van der Waals surface area contributed by atoms with Crippen molar-refractivity contribution in [3.63, 3.8) is 0 Å². The Morgan fingerprint density at radius 3 is 2.28 bits per heavy atom. The topological polar surface area (TPSA) is 72.5 Å². The van der Waals surface area contributed by atoms with E-state index in [4.69, 9.17) is 4.74 Å². The van der Waals surface area contributed by atoms with Gasteiger partial charge in [0.05, 0.1) is 6.42 Å². The van der Waals surface area contributed by atoms with E-state index >= 15 is 0 Å². The summed E-state index contributed by atoms with van der Waals surface area (Å²) in [6.07, 6.45) is -1.23. The summed E-state index contributed by atoms with van der Waals surface area (Å²) in [4.78, 5) is 36.6. The molecule has 2 aromatic carbocycles. The van der Waals surface area contributed by atoms with E-state index in [1.165, 1.54) is 31.2 Å². The molecule has 29 heavy (non-hydrogen) atoms. The smallest absolute Gasteiger partial charge is 0.307 e. The van der Waals surface area contributed by atoms with Crippen LogP contribution >= 0.6 is 0 Å². The molecular weight excluding hydrogens is 373 g/mol. The highest BCUT2D eigenvalue weighted by Crippen LogP contribution is 2.27. The monoisotopic (exact) mass is 399 g/mol. The molecule has 0 saturated carbocycles. The third kappa shape index (κ3) is 6.24. The number of nitrogens with one attached hydrogen (secondary N) is 1. The summed E-state index contributed by atoms with van der Waals surface area (Å²) in [5.41, 5.74) is 2.97. The first kappa shape index (κ1) is 22.3. The van der Waals surface area contributed by atoms with E-state index in [0.717, 1.165) is 16.8 Å². The lowest BCUT2D eigenvalue weighted by molar-refractivity contribution is -0.153. The number of amides is 1. The lowest BCUT2D eigenvalue weighted by atomic mass is 9.98. The molecule has 1 unspecified atom stereocenters. The van der Waals surface area contributed by atoms with Crippen LogP contribution in [0.25, 0.3) is 0 Å². The molecule has 5 nitrogen and oxygen atoms in total. The molecule has 1 atom stereocenters. The normalized spacial score (nSPS) is 11.8. The Hall–Kier alpha value is -3.02. The van der Waals surface area contributed by atoms with Gasteiger partial charge >= 0.3 is 5.97 Å². The first-order valence-electron chi connectivity index (χ1n) is 9.57. The lowest BCUT2D eigenvalue weighted by Gasteiger charge is -2.19. The molecule has 0 aliphatic carbocycles. The number of halogens is 1. The van der Waals surface area contributed by atoms with Gasteiger partial charge in [-0.05, 0) is 55.2 Å². The number of esters is 1. The molecule has 2 aromatic rings. The number of hydrogen-bond donors (Lipinski definition) is 1. The van der Waals surface area contributed by atoms with Gasteiger partial charge in [0.15, 0.2) is 11.9 Å². The summed E-state index contributed by atoms with van der Waals surface area (Å²) in [5.74, 6) is -1.58. The Bertz CT molecular complexity index is 890. The summed E-state index contributed by atoms with van der Waals surface area (Å²) in [5, 5.41) is 2.84. The quantitative estimate of drug-likeness (QED) is 0.512. The summed E-state index contributed by atoms with van der Waals surface area (Å²) < 4.78 is 18.1. The number of carbonyl (C=O) groups is 3. The molecule has 0 heterocycles. The van der Waals surface area contributed by atoms with E-state index in [1.54, 1.807) is 0 Å². The van der Waals surface area contributed by atoms with Crippen molar-refractivity contribution in [1.29, 1.82) is 0 Å². The van der Waals surface area contributed by atoms with Crippen LogP contribution in [0, 0.1) is 12.7 Å². The third-order valence-electron chi connectivity index (χ3n) is 4.58. The van der Waals surface area contributed by atoms with Crippen LogP contribution in [0.3, 0.4) is 0 Å². The number of rotatable bonds is 8. The van der Waals surface area contributed by atoms with Gasteiger partial charge < -0.3 is 10.1 Å². The van der Waals surface area contributed by atoms with Gasteiger partial charge in [-0.2, -0.15) is 0 Å². The van der Waals surface area contributed by atoms with Gasteiger partial charge in [0.1, 0.15) is 5.82 Å². The summed E-state index contributed by atoms with van der Waals surface area (Å²) in [6.45, 7) is 7.46. The molecule has 0 saturated heterocycles. The van der Waals surface area contributed by atoms with Gasteiger partial charge in [0.25, 0.3) is 5.91 Å². The number of aryl methyl sites for hydroxylation is 1. The third-order valence-corrected chi connectivity index (χ3v) is 4.58. The zero-order valence-corrected chi connectivity index (χ0v) is 17.1. The summed E-state index contributed by atoms with van der Waals surface area (Å²) in [7, 11) is 0. The van der Waals surface area contributed by atoms with Crippen molar-refractivity contribution in [2.24, 2.45) is 0 Å². The Kier molecular flexibility index (Phi) is 7.65. The SMILES string of the molecule is Cc1cccc(C(C)C)c1NC(=O)C(C)OC(=O)CCC(=O)c1ccc(F)cc1. The highest BCUT2D eigenvalue weighted by atomic mass is 19.1. The van der Waals surface area contributed by atoms with Gasteiger partial charge in [-0.3, -0.25) is 14.4 Å². The second-order valence-corrected chi connectivity index (χ2v) is 7.25. The maximum absolute atomic E-state index is 12.9. The van der Waals surface area contributed by atoms with Crippen LogP contribution in [-0.4, -0.2) is 23.8 Å². The van der Waals surface area contributed by atoms with Crippen LogP contribution in [0.2, 0.25) is 0 Å². The molecule has 2 rings (SSSR count). The van der Waals surface area contributed by atoms with Crippen molar-refractivity contribution in [2.75, 3.05) is 5.32 Å². The molecule has 0 radical (unpaired) electrons. The largest absolute Gasteiger partial charge is 0.453 e. The van der Waals surface area contributed by atoms with Gasteiger partial charge in [0, 0.05) is 17.7 Å². The Morgan fingerprint density at radius 2 is 1.66 bits per heavy atom. The minimum atomic E-state index is -0.997. The fourth-order valence-electron chi connectivity index (χ4n) is 2.87. The maximum Gasteiger partial charge on any atom is 0.307 e. The first-order valence-corrected chi connectivity index (χ1v) is 9.57. The molecule has 0 bridgehead atoms. The highest BCUT2D eigenvalue weighted by molar-refractivity contribution is 5.98. The number of benzene rings is 2. The van der Waals surface area contributed by atoms with Crippen LogP contribution in [0.5, 0.6) is 0 Å². The van der Waals surface area contributed by atoms with Crippen molar-refractivity contribution in [2.45, 2.75) is 52.6 Å². The number of ether oxygens (including phenoxy) is 1. The lowest BCUT2D eigenvalue weighted by Crippen LogP contribution is -2.30. The van der Waals surface area contributed by atoms with Crippen LogP contribution in [0.4, 0.5) is 10.1 Å². The first-order chi connectivity index (χ1) is 13.7. The molecule has 0 fully saturated rings. The molecule has 0 spiro atoms. The van der Waals surface area contributed by atoms with Crippen molar-refractivity contribution in [3.8, 4) is 0 Å². The molecular formula is C23H26FNO4. The standard InChI is InChI=1S/C23H26FNO4/c1-14(2)19-7-5-6-15(3)22(19)25-23(28)16(4)29-21(27)13-12-20(26)17-8-10-18(24)11-9-17/h5-11,14,16H,12-13H2,1-4H3,(H,25,28). The van der Waals surface area contributed by atoms with Crippen molar-refractivity contribution >= 4 is 23.3 Å². The van der Waals surface area contributed by atoms with Gasteiger partial charge in [0.2, 0.25) is 0 Å². The zero-order chi connectivity index (χ0) is 21.6. The number of para-hydroxylation sites is 1. The minimum absolute atomic E-state index is 0.0753. The Labute approximate surface area is 170 Å². The number of anilines is 1. The van der Waals surface area contributed by atoms with Crippen molar-refractivity contribution in [1.82, 2.24) is 0 Å². The van der Waals surface area contributed by atoms with Gasteiger partial charge in [-0.25, -0.2) is 4.39 Å². The van der Waals surface area contributed by atoms with E-state index in [0.29, 0.717) is 5.56 Å². The Morgan fingerprint density at radius 1 is 1.00 bits per heavy atom. The average Bonchev–Trinajstić information content (AvgIpc) is 2.67. The van der Waals surface area contributed by atoms with Gasteiger partial charge in [-0.15, -0.1) is 0 Å². The second kappa shape index (κ2) is 9.96. The molecule has 0 aliphatic heterocycles. The molecule has 6 heteroatoms. The summed E-state index contributed by atoms with van der Waals surface area (Å²) >= 11 is 0. The molecule has 0 aromatic heterocycles. The van der Waals surface area contributed by atoms with E-state index in [-0.39, 0.29) is 24.5 Å². The number of hydrogen-bond acceptors (Lipinski definition) is 4. The van der Waals surface area contributed by atoms with E-state index < -0.39 is 23.8 Å². The molecule has 1 N–H and O–H groups in total. The number of Topliss-reactive ketones (excluding diaryl/α,β-unsaturated/α-hetero) is 1. The van der Waals surface area contributed by atoms with Crippen molar-refractivity contribution in [3.05, 3.63) is 65.0 Å². The van der Waals surface area contributed by atoms with E-state index in [9.17, 15) is 18.8 Å². The minimum Gasteiger partial charge on any atom is -0.453 e. The van der Waals surface area contributed by atoms with Crippen LogP contribution < -0.4 is 5.32 Å². The zero-order valence-electron chi connectivity index (χ0n) is 17.1. The fraction of sp³-hybridized carbons (Fsp3) is 0.348. The van der Waals surface area contributed by atoms with Crippen LogP contribution in [0.15, 0.2) is 42.5 Å². The fourth-order valence-corrected chi connectivity index (χ4v) is 2.87.